The van der Waals surface area contributed by atoms with Gasteiger partial charge in [-0.25, -0.2) is 9.97 Å². The maximum absolute atomic E-state index is 9.01. The van der Waals surface area contributed by atoms with E-state index >= 15 is 0 Å². The van der Waals surface area contributed by atoms with Gasteiger partial charge >= 0.3 is 0 Å². The van der Waals surface area contributed by atoms with Crippen molar-refractivity contribution in [1.82, 2.24) is 9.97 Å². The molecule has 0 bridgehead atoms. The molecular formula is C14H20N4O. The predicted molar refractivity (Wildman–Crippen MR) is 72.9 cm³/mol. The largest absolute Gasteiger partial charge is 0.366 e. The Kier molecular flexibility index (Phi) is 3.23. The summed E-state index contributed by atoms with van der Waals surface area (Å²) < 4.78 is 6.04. The van der Waals surface area contributed by atoms with Crippen molar-refractivity contribution in [2.45, 2.75) is 45.8 Å². The average Bonchev–Trinajstić information content (AvgIpc) is 2.24. The van der Waals surface area contributed by atoms with Gasteiger partial charge in [-0.05, 0) is 40.7 Å². The fraction of sp³-hybridized carbons (Fsp3) is 0.643. The van der Waals surface area contributed by atoms with Crippen LogP contribution in [0.2, 0.25) is 0 Å². The monoisotopic (exact) mass is 260 g/mol. The van der Waals surface area contributed by atoms with Gasteiger partial charge in [-0.3, -0.25) is 0 Å². The highest BCUT2D eigenvalue weighted by Gasteiger charge is 2.39. The van der Waals surface area contributed by atoms with E-state index in [0.29, 0.717) is 24.7 Å². The number of ether oxygens (including phenoxy) is 1. The third-order valence-electron chi connectivity index (χ3n) is 2.94. The Bertz CT molecular complexity index is 515. The molecule has 1 saturated heterocycles. The van der Waals surface area contributed by atoms with Gasteiger partial charge in [0.2, 0.25) is 5.95 Å². The molecule has 0 N–H and O–H groups in total. The summed E-state index contributed by atoms with van der Waals surface area (Å²) in [6, 6.07) is 3.77. The summed E-state index contributed by atoms with van der Waals surface area (Å²) >= 11 is 0. The van der Waals surface area contributed by atoms with Crippen LogP contribution in [0.4, 0.5) is 5.95 Å². The Morgan fingerprint density at radius 2 is 1.79 bits per heavy atom. The molecule has 2 rings (SSSR count). The molecule has 0 spiro atoms. The van der Waals surface area contributed by atoms with E-state index in [1.165, 1.54) is 0 Å². The molecule has 0 radical (unpaired) electrons. The lowest BCUT2D eigenvalue weighted by Gasteiger charge is -2.47. The zero-order valence-corrected chi connectivity index (χ0v) is 12.2. The molecule has 5 heteroatoms. The van der Waals surface area contributed by atoms with E-state index in [4.69, 9.17) is 10.00 Å². The lowest BCUT2D eigenvalue weighted by molar-refractivity contribution is -0.133. The van der Waals surface area contributed by atoms with E-state index in [9.17, 15) is 0 Å². The number of aryl methyl sites for hydroxylation is 1. The molecule has 1 aromatic heterocycles. The van der Waals surface area contributed by atoms with Crippen LogP contribution in [0.3, 0.4) is 0 Å². The molecule has 0 aromatic carbocycles. The number of hydrogen-bond acceptors (Lipinski definition) is 5. The van der Waals surface area contributed by atoms with Gasteiger partial charge in [0.05, 0.1) is 11.2 Å². The molecule has 1 aliphatic rings. The molecule has 0 unspecified atom stereocenters. The highest BCUT2D eigenvalue weighted by molar-refractivity contribution is 5.37. The number of aromatic nitrogens is 2. The molecule has 1 aliphatic heterocycles. The number of nitrogens with zero attached hydrogens (tertiary/aromatic N) is 4. The van der Waals surface area contributed by atoms with Crippen LogP contribution in [0.15, 0.2) is 6.07 Å². The molecule has 102 valence electrons. The van der Waals surface area contributed by atoms with Crippen LogP contribution in [-0.4, -0.2) is 34.3 Å². The highest BCUT2D eigenvalue weighted by atomic mass is 16.5. The normalized spacial score (nSPS) is 20.9. The van der Waals surface area contributed by atoms with Crippen LogP contribution in [0.25, 0.3) is 0 Å². The number of rotatable bonds is 1. The van der Waals surface area contributed by atoms with E-state index in [1.807, 2.05) is 6.92 Å². The molecule has 0 amide bonds. The van der Waals surface area contributed by atoms with Crippen LogP contribution < -0.4 is 4.90 Å². The van der Waals surface area contributed by atoms with E-state index in [2.05, 4.69) is 48.6 Å². The SMILES string of the molecule is Cc1cc(C#N)nc(N2CC(C)(C)OC(C)(C)C2)n1. The minimum absolute atomic E-state index is 0.262. The van der Waals surface area contributed by atoms with Gasteiger partial charge in [0, 0.05) is 18.8 Å². The summed E-state index contributed by atoms with van der Waals surface area (Å²) in [5.41, 5.74) is 0.692. The molecule has 2 heterocycles. The van der Waals surface area contributed by atoms with E-state index < -0.39 is 0 Å². The third kappa shape index (κ3) is 3.21. The van der Waals surface area contributed by atoms with Crippen molar-refractivity contribution in [3.63, 3.8) is 0 Å². The number of nitriles is 1. The summed E-state index contributed by atoms with van der Waals surface area (Å²) in [5, 5.41) is 9.01. The molecule has 5 nitrogen and oxygen atoms in total. The fourth-order valence-electron chi connectivity index (χ4n) is 2.68. The molecular weight excluding hydrogens is 240 g/mol. The first-order valence-corrected chi connectivity index (χ1v) is 6.42. The first-order chi connectivity index (χ1) is 8.71. The molecule has 0 aliphatic carbocycles. The second kappa shape index (κ2) is 4.46. The maximum atomic E-state index is 9.01. The Hall–Kier alpha value is -1.67. The summed E-state index contributed by atoms with van der Waals surface area (Å²) in [4.78, 5) is 10.8. The highest BCUT2D eigenvalue weighted by Crippen LogP contribution is 2.30. The topological polar surface area (TPSA) is 62.0 Å². The van der Waals surface area contributed by atoms with E-state index in [0.717, 1.165) is 5.69 Å². The van der Waals surface area contributed by atoms with Crippen LogP contribution in [-0.2, 0) is 4.74 Å². The van der Waals surface area contributed by atoms with Crippen molar-refractivity contribution in [1.29, 1.82) is 5.26 Å². The lowest BCUT2D eigenvalue weighted by atomic mass is 9.99. The summed E-state index contributed by atoms with van der Waals surface area (Å²) in [6.45, 7) is 11.5. The van der Waals surface area contributed by atoms with Crippen molar-refractivity contribution in [3.05, 3.63) is 17.5 Å². The van der Waals surface area contributed by atoms with Crippen molar-refractivity contribution in [2.75, 3.05) is 18.0 Å². The van der Waals surface area contributed by atoms with Crippen molar-refractivity contribution < 1.29 is 4.74 Å². The van der Waals surface area contributed by atoms with Gasteiger partial charge in [0.15, 0.2) is 0 Å². The van der Waals surface area contributed by atoms with Gasteiger partial charge in [0.1, 0.15) is 11.8 Å². The molecule has 1 fully saturated rings. The van der Waals surface area contributed by atoms with Gasteiger partial charge in [-0.15, -0.1) is 0 Å². The number of anilines is 1. The predicted octanol–water partition coefficient (Wildman–Crippen LogP) is 2.05. The Morgan fingerprint density at radius 3 is 2.32 bits per heavy atom. The summed E-state index contributed by atoms with van der Waals surface area (Å²) in [6.07, 6.45) is 0. The molecule has 19 heavy (non-hydrogen) atoms. The van der Waals surface area contributed by atoms with Crippen molar-refractivity contribution in [2.24, 2.45) is 0 Å². The van der Waals surface area contributed by atoms with Crippen LogP contribution in [0.1, 0.15) is 39.1 Å². The Balaban J connectivity index is 2.36. The van der Waals surface area contributed by atoms with Crippen molar-refractivity contribution >= 4 is 5.95 Å². The van der Waals surface area contributed by atoms with Gasteiger partial charge in [-0.2, -0.15) is 5.26 Å². The van der Waals surface area contributed by atoms with Gasteiger partial charge < -0.3 is 9.64 Å². The lowest BCUT2D eigenvalue weighted by Crippen LogP contribution is -2.57. The third-order valence-corrected chi connectivity index (χ3v) is 2.94. The molecule has 1 aromatic rings. The van der Waals surface area contributed by atoms with Gasteiger partial charge in [0.25, 0.3) is 0 Å². The van der Waals surface area contributed by atoms with Crippen LogP contribution in [0.5, 0.6) is 0 Å². The Morgan fingerprint density at radius 1 is 1.21 bits per heavy atom. The second-order valence-corrected chi connectivity index (χ2v) is 6.28. The number of morpholine rings is 1. The zero-order chi connectivity index (χ0) is 14.3. The Labute approximate surface area is 114 Å². The quantitative estimate of drug-likeness (QED) is 0.773. The zero-order valence-electron chi connectivity index (χ0n) is 12.2. The van der Waals surface area contributed by atoms with Crippen LogP contribution in [0, 0.1) is 18.3 Å². The minimum atomic E-state index is -0.262. The number of hydrogen-bond donors (Lipinski definition) is 0. The van der Waals surface area contributed by atoms with Crippen LogP contribution >= 0.6 is 0 Å². The standard InChI is InChI=1S/C14H20N4O/c1-10-6-11(7-15)17-12(16-10)18-8-13(2,3)19-14(4,5)9-18/h6H,8-9H2,1-5H3. The molecule has 0 atom stereocenters. The van der Waals surface area contributed by atoms with E-state index in [-0.39, 0.29) is 11.2 Å². The first-order valence-electron chi connectivity index (χ1n) is 6.42. The van der Waals surface area contributed by atoms with Gasteiger partial charge in [-0.1, -0.05) is 0 Å². The summed E-state index contributed by atoms with van der Waals surface area (Å²) in [7, 11) is 0. The second-order valence-electron chi connectivity index (χ2n) is 6.28. The molecule has 0 saturated carbocycles. The summed E-state index contributed by atoms with van der Waals surface area (Å²) in [5.74, 6) is 0.612. The minimum Gasteiger partial charge on any atom is -0.366 e. The average molecular weight is 260 g/mol. The first kappa shape index (κ1) is 13.8. The van der Waals surface area contributed by atoms with Crippen molar-refractivity contribution in [3.8, 4) is 6.07 Å². The van der Waals surface area contributed by atoms with E-state index in [1.54, 1.807) is 6.07 Å². The smallest absolute Gasteiger partial charge is 0.227 e. The maximum Gasteiger partial charge on any atom is 0.227 e. The fourth-order valence-corrected chi connectivity index (χ4v) is 2.68.